The van der Waals surface area contributed by atoms with Gasteiger partial charge < -0.3 is 10.6 Å². The van der Waals surface area contributed by atoms with Crippen LogP contribution in [0.4, 0.5) is 11.8 Å². The van der Waals surface area contributed by atoms with Crippen molar-refractivity contribution in [2.45, 2.75) is 45.6 Å². The summed E-state index contributed by atoms with van der Waals surface area (Å²) in [5.41, 5.74) is 0.786. The number of aromatic nitrogens is 4. The zero-order valence-electron chi connectivity index (χ0n) is 12.1. The van der Waals surface area contributed by atoms with Crippen LogP contribution in [0.3, 0.4) is 0 Å². The molecule has 0 saturated heterocycles. The van der Waals surface area contributed by atoms with Gasteiger partial charge in [0.1, 0.15) is 5.82 Å². The highest BCUT2D eigenvalue weighted by atomic mass is 15.2. The lowest BCUT2D eigenvalue weighted by molar-refractivity contribution is 0.692. The van der Waals surface area contributed by atoms with E-state index in [9.17, 15) is 0 Å². The average Bonchev–Trinajstić information content (AvgIpc) is 3.00. The Bertz CT molecular complexity index is 578. The number of fused-ring (bicyclic) bond motifs is 1. The third-order valence-electron chi connectivity index (χ3n) is 3.75. The van der Waals surface area contributed by atoms with E-state index in [-0.39, 0.29) is 0 Å². The van der Waals surface area contributed by atoms with Crippen LogP contribution in [0.2, 0.25) is 0 Å². The van der Waals surface area contributed by atoms with Crippen LogP contribution >= 0.6 is 0 Å². The van der Waals surface area contributed by atoms with E-state index in [0.29, 0.717) is 12.0 Å². The molecule has 2 atom stereocenters. The van der Waals surface area contributed by atoms with Gasteiger partial charge in [-0.25, -0.2) is 0 Å². The van der Waals surface area contributed by atoms with Crippen LogP contribution in [0.5, 0.6) is 0 Å². The fourth-order valence-electron chi connectivity index (χ4n) is 2.55. The molecule has 0 aliphatic heterocycles. The summed E-state index contributed by atoms with van der Waals surface area (Å²) in [6, 6.07) is 0.557. The van der Waals surface area contributed by atoms with E-state index >= 15 is 0 Å². The number of H-pyrrole nitrogens is 1. The number of anilines is 2. The van der Waals surface area contributed by atoms with Crippen molar-refractivity contribution in [3.05, 3.63) is 6.20 Å². The van der Waals surface area contributed by atoms with Crippen LogP contribution in [-0.4, -0.2) is 32.8 Å². The molecule has 3 N–H and O–H groups in total. The van der Waals surface area contributed by atoms with E-state index in [4.69, 9.17) is 0 Å². The molecule has 1 fully saturated rings. The Morgan fingerprint density at radius 3 is 3.00 bits per heavy atom. The number of rotatable bonds is 7. The van der Waals surface area contributed by atoms with Gasteiger partial charge in [0, 0.05) is 12.6 Å². The minimum atomic E-state index is 0.557. The molecule has 20 heavy (non-hydrogen) atoms. The molecule has 2 unspecified atom stereocenters. The maximum atomic E-state index is 4.59. The maximum absolute atomic E-state index is 4.59. The largest absolute Gasteiger partial charge is 0.366 e. The van der Waals surface area contributed by atoms with E-state index in [2.05, 4.69) is 44.6 Å². The minimum Gasteiger partial charge on any atom is -0.366 e. The number of nitrogens with zero attached hydrogens (tertiary/aromatic N) is 3. The lowest BCUT2D eigenvalue weighted by Gasteiger charge is -2.09. The second kappa shape index (κ2) is 5.64. The first kappa shape index (κ1) is 13.1. The molecule has 1 aliphatic carbocycles. The van der Waals surface area contributed by atoms with Crippen LogP contribution in [0, 0.1) is 5.92 Å². The highest BCUT2D eigenvalue weighted by Crippen LogP contribution is 2.38. The van der Waals surface area contributed by atoms with Gasteiger partial charge in [0.25, 0.3) is 0 Å². The molecule has 0 bridgehead atoms. The van der Waals surface area contributed by atoms with E-state index in [1.165, 1.54) is 19.3 Å². The van der Waals surface area contributed by atoms with Gasteiger partial charge in [0.15, 0.2) is 5.65 Å². The molecule has 2 heterocycles. The van der Waals surface area contributed by atoms with Gasteiger partial charge in [-0.2, -0.15) is 15.1 Å². The monoisotopic (exact) mass is 274 g/mol. The molecule has 0 radical (unpaired) electrons. The molecule has 1 saturated carbocycles. The predicted molar refractivity (Wildman–Crippen MR) is 80.9 cm³/mol. The van der Waals surface area contributed by atoms with Crippen LogP contribution in [0.15, 0.2) is 6.20 Å². The second-order valence-corrected chi connectivity index (χ2v) is 5.49. The zero-order chi connectivity index (χ0) is 13.9. The van der Waals surface area contributed by atoms with Gasteiger partial charge in [-0.1, -0.05) is 20.3 Å². The summed E-state index contributed by atoms with van der Waals surface area (Å²) in [4.78, 5) is 9.03. The van der Waals surface area contributed by atoms with E-state index in [1.54, 1.807) is 6.20 Å². The summed E-state index contributed by atoms with van der Waals surface area (Å²) in [6.45, 7) is 5.24. The molecule has 2 aromatic heterocycles. The van der Waals surface area contributed by atoms with E-state index in [0.717, 1.165) is 35.7 Å². The van der Waals surface area contributed by atoms with Crippen molar-refractivity contribution in [2.75, 3.05) is 17.2 Å². The van der Waals surface area contributed by atoms with Crippen molar-refractivity contribution in [2.24, 2.45) is 5.92 Å². The Labute approximate surface area is 118 Å². The molecule has 0 amide bonds. The van der Waals surface area contributed by atoms with E-state index < -0.39 is 0 Å². The minimum absolute atomic E-state index is 0.557. The summed E-state index contributed by atoms with van der Waals surface area (Å²) in [7, 11) is 0. The molecule has 2 aromatic rings. The molecule has 0 aromatic carbocycles. The summed E-state index contributed by atoms with van der Waals surface area (Å²) < 4.78 is 0. The van der Waals surface area contributed by atoms with E-state index in [1.807, 2.05) is 0 Å². The SMILES string of the molecule is CCCNc1nc(NC2CC2CCC)c2cn[nH]c2n1. The summed E-state index contributed by atoms with van der Waals surface area (Å²) in [5, 5.41) is 14.7. The molecule has 3 rings (SSSR count). The van der Waals surface area contributed by atoms with Crippen molar-refractivity contribution in [3.63, 3.8) is 0 Å². The molecular formula is C14H22N6. The normalized spacial score (nSPS) is 21.1. The Morgan fingerprint density at radius 1 is 1.30 bits per heavy atom. The zero-order valence-corrected chi connectivity index (χ0v) is 12.1. The topological polar surface area (TPSA) is 78.5 Å². The van der Waals surface area contributed by atoms with Crippen LogP contribution in [-0.2, 0) is 0 Å². The van der Waals surface area contributed by atoms with Gasteiger partial charge in [-0.05, 0) is 25.2 Å². The summed E-state index contributed by atoms with van der Waals surface area (Å²) in [6.07, 6.45) is 6.62. The Kier molecular flexibility index (Phi) is 3.71. The summed E-state index contributed by atoms with van der Waals surface area (Å²) in [5.74, 6) is 2.36. The molecule has 108 valence electrons. The first-order valence-corrected chi connectivity index (χ1v) is 7.53. The fraction of sp³-hybridized carbons (Fsp3) is 0.643. The standard InChI is InChI=1S/C14H22N6/c1-3-5-9-7-11(9)17-12-10-8-16-20-13(10)19-14(18-12)15-6-4-2/h8-9,11H,3-7H2,1-2H3,(H3,15,16,17,18,19,20). The van der Waals surface area contributed by atoms with Crippen molar-refractivity contribution < 1.29 is 0 Å². The predicted octanol–water partition coefficient (Wildman–Crippen LogP) is 2.78. The van der Waals surface area contributed by atoms with Crippen LogP contribution < -0.4 is 10.6 Å². The Morgan fingerprint density at radius 2 is 2.20 bits per heavy atom. The maximum Gasteiger partial charge on any atom is 0.226 e. The molecule has 1 aliphatic rings. The average molecular weight is 274 g/mol. The van der Waals surface area contributed by atoms with Gasteiger partial charge in [0.2, 0.25) is 5.95 Å². The smallest absolute Gasteiger partial charge is 0.226 e. The Hall–Kier alpha value is -1.85. The molecule has 6 nitrogen and oxygen atoms in total. The number of nitrogens with one attached hydrogen (secondary N) is 3. The van der Waals surface area contributed by atoms with Crippen molar-refractivity contribution in [1.82, 2.24) is 20.2 Å². The lowest BCUT2D eigenvalue weighted by atomic mass is 10.2. The van der Waals surface area contributed by atoms with Crippen molar-refractivity contribution >= 4 is 22.8 Å². The quantitative estimate of drug-likeness (QED) is 0.723. The molecule has 6 heteroatoms. The van der Waals surface area contributed by atoms with Crippen LogP contribution in [0.1, 0.15) is 39.5 Å². The third-order valence-corrected chi connectivity index (χ3v) is 3.75. The fourth-order valence-corrected chi connectivity index (χ4v) is 2.55. The number of hydrogen-bond donors (Lipinski definition) is 3. The third kappa shape index (κ3) is 2.69. The summed E-state index contributed by atoms with van der Waals surface area (Å²) >= 11 is 0. The van der Waals surface area contributed by atoms with Crippen molar-refractivity contribution in [1.29, 1.82) is 0 Å². The second-order valence-electron chi connectivity index (χ2n) is 5.49. The molecule has 0 spiro atoms. The van der Waals surface area contributed by atoms with Gasteiger partial charge in [-0.15, -0.1) is 0 Å². The Balaban J connectivity index is 1.79. The highest BCUT2D eigenvalue weighted by Gasteiger charge is 2.36. The van der Waals surface area contributed by atoms with Crippen LogP contribution in [0.25, 0.3) is 11.0 Å². The highest BCUT2D eigenvalue weighted by molar-refractivity contribution is 5.87. The van der Waals surface area contributed by atoms with Gasteiger partial charge in [0.05, 0.1) is 11.6 Å². The first-order valence-electron chi connectivity index (χ1n) is 7.53. The lowest BCUT2D eigenvalue weighted by Crippen LogP contribution is -2.10. The van der Waals surface area contributed by atoms with Crippen molar-refractivity contribution in [3.8, 4) is 0 Å². The first-order chi connectivity index (χ1) is 9.81. The number of hydrogen-bond acceptors (Lipinski definition) is 5. The van der Waals surface area contributed by atoms with Gasteiger partial charge in [-0.3, -0.25) is 5.10 Å². The number of aromatic amines is 1. The van der Waals surface area contributed by atoms with Gasteiger partial charge >= 0.3 is 0 Å². The molecular weight excluding hydrogens is 252 g/mol.